The van der Waals surface area contributed by atoms with Crippen LogP contribution in [0.3, 0.4) is 0 Å². The van der Waals surface area contributed by atoms with Crippen LogP contribution >= 0.6 is 0 Å². The van der Waals surface area contributed by atoms with E-state index in [0.29, 0.717) is 36.0 Å². The van der Waals surface area contributed by atoms with E-state index >= 15 is 0 Å². The number of hydrogen-bond acceptors (Lipinski definition) is 5. The number of anilines is 3. The Kier molecular flexibility index (Phi) is 9.75. The van der Waals surface area contributed by atoms with Gasteiger partial charge in [-0.05, 0) is 93.0 Å². The molecule has 2 aliphatic rings. The van der Waals surface area contributed by atoms with E-state index in [9.17, 15) is 9.59 Å². The van der Waals surface area contributed by atoms with Crippen LogP contribution in [0.1, 0.15) is 48.5 Å². The van der Waals surface area contributed by atoms with Crippen molar-refractivity contribution in [3.05, 3.63) is 83.9 Å². The molecule has 0 saturated carbocycles. The number of rotatable bonds is 10. The van der Waals surface area contributed by atoms with E-state index in [4.69, 9.17) is 9.47 Å². The molecule has 2 fully saturated rings. The average Bonchev–Trinajstić information content (AvgIpc) is 3.52. The lowest BCUT2D eigenvalue weighted by Gasteiger charge is -2.35. The van der Waals surface area contributed by atoms with Crippen LogP contribution in [-0.2, 0) is 11.2 Å². The summed E-state index contributed by atoms with van der Waals surface area (Å²) in [7, 11) is 0. The number of ether oxygens (including phenoxy) is 2. The first-order chi connectivity index (χ1) is 20.1. The van der Waals surface area contributed by atoms with E-state index < -0.39 is 0 Å². The Balaban J connectivity index is 1.26. The highest BCUT2D eigenvalue weighted by molar-refractivity contribution is 6.04. The molecule has 3 amide bonds. The highest BCUT2D eigenvalue weighted by atomic mass is 16.5. The van der Waals surface area contributed by atoms with E-state index in [1.165, 1.54) is 5.56 Å². The summed E-state index contributed by atoms with van der Waals surface area (Å²) in [6, 6.07) is 23.0. The van der Waals surface area contributed by atoms with Crippen molar-refractivity contribution < 1.29 is 19.1 Å². The fraction of sp³-hybridized carbons (Fsp3) is 0.394. The average molecular weight is 557 g/mol. The van der Waals surface area contributed by atoms with Crippen molar-refractivity contribution in [1.82, 2.24) is 5.32 Å². The van der Waals surface area contributed by atoms with Crippen molar-refractivity contribution in [2.24, 2.45) is 5.92 Å². The van der Waals surface area contributed by atoms with Gasteiger partial charge in [0.1, 0.15) is 5.75 Å². The fourth-order valence-electron chi connectivity index (χ4n) is 5.60. The second-order valence-electron chi connectivity index (χ2n) is 10.7. The smallest absolute Gasteiger partial charge is 0.323 e. The van der Waals surface area contributed by atoms with Gasteiger partial charge in [0.25, 0.3) is 5.91 Å². The number of nitrogens with zero attached hydrogens (tertiary/aromatic N) is 1. The Morgan fingerprint density at radius 2 is 1.66 bits per heavy atom. The molecule has 2 heterocycles. The van der Waals surface area contributed by atoms with Crippen molar-refractivity contribution in [1.29, 1.82) is 0 Å². The van der Waals surface area contributed by atoms with Gasteiger partial charge in [0, 0.05) is 43.3 Å². The molecule has 2 aliphatic heterocycles. The molecule has 3 aromatic carbocycles. The molecular weight excluding hydrogens is 516 g/mol. The first-order valence-corrected chi connectivity index (χ1v) is 14.7. The number of urea groups is 1. The molecule has 216 valence electrons. The summed E-state index contributed by atoms with van der Waals surface area (Å²) in [5.41, 5.74) is 4.03. The third-order valence-electron chi connectivity index (χ3n) is 7.76. The normalized spacial score (nSPS) is 17.2. The predicted octanol–water partition coefficient (Wildman–Crippen LogP) is 6.10. The summed E-state index contributed by atoms with van der Waals surface area (Å²) in [5, 5.41) is 8.79. The van der Waals surface area contributed by atoms with E-state index in [0.717, 1.165) is 63.2 Å². The molecule has 0 aliphatic carbocycles. The second kappa shape index (κ2) is 14.0. The number of benzene rings is 3. The highest BCUT2D eigenvalue weighted by Gasteiger charge is 2.25. The number of carbonyl (C=O) groups excluding carboxylic acids is 2. The molecule has 5 rings (SSSR count). The lowest BCUT2D eigenvalue weighted by molar-refractivity contribution is 0.0858. The third kappa shape index (κ3) is 8.01. The maximum atomic E-state index is 13.5. The zero-order chi connectivity index (χ0) is 28.4. The highest BCUT2D eigenvalue weighted by Crippen LogP contribution is 2.30. The summed E-state index contributed by atoms with van der Waals surface area (Å²) in [6.07, 6.45) is 5.24. The minimum Gasteiger partial charge on any atom is -0.494 e. The van der Waals surface area contributed by atoms with Gasteiger partial charge < -0.3 is 30.3 Å². The van der Waals surface area contributed by atoms with Gasteiger partial charge in [-0.1, -0.05) is 30.3 Å². The topological polar surface area (TPSA) is 91.9 Å². The van der Waals surface area contributed by atoms with Crippen LogP contribution in [0.25, 0.3) is 0 Å². The number of hydrogen-bond donors (Lipinski definition) is 3. The van der Waals surface area contributed by atoms with Crippen LogP contribution in [0.2, 0.25) is 0 Å². The second-order valence-corrected chi connectivity index (χ2v) is 10.7. The maximum Gasteiger partial charge on any atom is 0.323 e. The summed E-state index contributed by atoms with van der Waals surface area (Å²) >= 11 is 0. The number of piperidine rings is 1. The molecule has 2 saturated heterocycles. The van der Waals surface area contributed by atoms with Crippen LogP contribution in [0, 0.1) is 5.92 Å². The maximum absolute atomic E-state index is 13.5. The molecular formula is C33H40N4O4. The quantitative estimate of drug-likeness (QED) is 0.281. The Morgan fingerprint density at radius 1 is 0.927 bits per heavy atom. The molecule has 3 aromatic rings. The van der Waals surface area contributed by atoms with Gasteiger partial charge >= 0.3 is 6.03 Å². The standard InChI is InChI=1S/C33H40N4O4/c1-2-40-28-13-10-26(11-14-28)35-33(39)36-27-12-15-31(30(22-27)32(38)34-23-29-9-6-20-41-29)37-18-16-25(17-19-37)21-24-7-4-3-5-8-24/h3-5,7-8,10-15,22,25,29H,2,6,9,16-21,23H2,1H3,(H,34,38)(H2,35,36,39). The monoisotopic (exact) mass is 556 g/mol. The molecule has 8 heteroatoms. The summed E-state index contributed by atoms with van der Waals surface area (Å²) in [5.74, 6) is 1.21. The van der Waals surface area contributed by atoms with Gasteiger partial charge in [-0.25, -0.2) is 4.79 Å². The Morgan fingerprint density at radius 3 is 2.37 bits per heavy atom. The van der Waals surface area contributed by atoms with Crippen LogP contribution in [0.15, 0.2) is 72.8 Å². The Labute approximate surface area is 242 Å². The van der Waals surface area contributed by atoms with Crippen molar-refractivity contribution in [2.75, 3.05) is 48.4 Å². The molecule has 41 heavy (non-hydrogen) atoms. The van der Waals surface area contributed by atoms with Gasteiger partial charge in [-0.3, -0.25) is 4.79 Å². The van der Waals surface area contributed by atoms with Crippen LogP contribution < -0.4 is 25.6 Å². The van der Waals surface area contributed by atoms with Crippen LogP contribution in [0.4, 0.5) is 21.9 Å². The zero-order valence-corrected chi connectivity index (χ0v) is 23.7. The van der Waals surface area contributed by atoms with Gasteiger partial charge in [0.05, 0.1) is 18.3 Å². The van der Waals surface area contributed by atoms with Crippen molar-refractivity contribution in [2.45, 2.75) is 45.1 Å². The minimum absolute atomic E-state index is 0.0531. The Hall–Kier alpha value is -4.04. The number of carbonyl (C=O) groups is 2. The number of nitrogens with one attached hydrogen (secondary N) is 3. The molecule has 0 radical (unpaired) electrons. The van der Waals surface area contributed by atoms with Crippen molar-refractivity contribution >= 4 is 29.0 Å². The Bertz CT molecular complexity index is 1280. The first kappa shape index (κ1) is 28.5. The van der Waals surface area contributed by atoms with Crippen molar-refractivity contribution in [3.63, 3.8) is 0 Å². The fourth-order valence-corrected chi connectivity index (χ4v) is 5.60. The lowest BCUT2D eigenvalue weighted by Crippen LogP contribution is -2.37. The summed E-state index contributed by atoms with van der Waals surface area (Å²) < 4.78 is 11.2. The van der Waals surface area contributed by atoms with Crippen LogP contribution in [-0.4, -0.2) is 50.9 Å². The van der Waals surface area contributed by atoms with Gasteiger partial charge in [-0.2, -0.15) is 0 Å². The predicted molar refractivity (Wildman–Crippen MR) is 163 cm³/mol. The largest absolute Gasteiger partial charge is 0.494 e. The minimum atomic E-state index is -0.380. The molecule has 1 unspecified atom stereocenters. The lowest BCUT2D eigenvalue weighted by atomic mass is 9.89. The molecule has 3 N–H and O–H groups in total. The van der Waals surface area contributed by atoms with E-state index in [1.54, 1.807) is 18.2 Å². The zero-order valence-electron chi connectivity index (χ0n) is 23.7. The van der Waals surface area contributed by atoms with E-state index in [-0.39, 0.29) is 18.0 Å². The van der Waals surface area contributed by atoms with Gasteiger partial charge in [-0.15, -0.1) is 0 Å². The first-order valence-electron chi connectivity index (χ1n) is 14.7. The third-order valence-corrected chi connectivity index (χ3v) is 7.76. The van der Waals surface area contributed by atoms with Crippen molar-refractivity contribution in [3.8, 4) is 5.75 Å². The van der Waals surface area contributed by atoms with Gasteiger partial charge in [0.2, 0.25) is 0 Å². The van der Waals surface area contributed by atoms with E-state index in [1.807, 2.05) is 31.2 Å². The summed E-state index contributed by atoms with van der Waals surface area (Å²) in [4.78, 5) is 28.5. The SMILES string of the molecule is CCOc1ccc(NC(=O)Nc2ccc(N3CCC(Cc4ccccc4)CC3)c(C(=O)NCC3CCCO3)c2)cc1. The molecule has 8 nitrogen and oxygen atoms in total. The molecule has 0 bridgehead atoms. The van der Waals surface area contributed by atoms with Gasteiger partial charge in [0.15, 0.2) is 0 Å². The molecule has 0 aromatic heterocycles. The van der Waals surface area contributed by atoms with E-state index in [2.05, 4.69) is 51.2 Å². The summed E-state index contributed by atoms with van der Waals surface area (Å²) in [6.45, 7) is 5.50. The van der Waals surface area contributed by atoms with Crippen LogP contribution in [0.5, 0.6) is 5.75 Å². The molecule has 0 spiro atoms. The number of amides is 3. The molecule has 1 atom stereocenters.